The van der Waals surface area contributed by atoms with Crippen molar-refractivity contribution < 1.29 is 9.53 Å². The van der Waals surface area contributed by atoms with Gasteiger partial charge in [-0.2, -0.15) is 0 Å². The van der Waals surface area contributed by atoms with Crippen LogP contribution < -0.4 is 10.6 Å². The Morgan fingerprint density at radius 1 is 1.45 bits per heavy atom. The van der Waals surface area contributed by atoms with E-state index in [0.717, 1.165) is 12.2 Å². The molecular formula is C15H19N5O2. The molecule has 2 aromatic rings. The van der Waals surface area contributed by atoms with Crippen LogP contribution in [0.25, 0.3) is 5.69 Å². The summed E-state index contributed by atoms with van der Waals surface area (Å²) in [5.41, 5.74) is 1.64. The Balaban J connectivity index is 1.64. The third kappa shape index (κ3) is 3.32. The fourth-order valence-corrected chi connectivity index (χ4v) is 2.30. The molecule has 0 aliphatic carbocycles. The monoisotopic (exact) mass is 301 g/mol. The summed E-state index contributed by atoms with van der Waals surface area (Å²) < 4.78 is 7.13. The number of morpholine rings is 1. The van der Waals surface area contributed by atoms with Crippen molar-refractivity contribution in [2.45, 2.75) is 19.1 Å². The maximum Gasteiger partial charge on any atom is 0.250 e. The first kappa shape index (κ1) is 14.7. The average Bonchev–Trinajstić information content (AvgIpc) is 3.06. The second-order valence-electron chi connectivity index (χ2n) is 5.22. The van der Waals surface area contributed by atoms with E-state index in [1.54, 1.807) is 4.68 Å². The molecular weight excluding hydrogens is 282 g/mol. The lowest BCUT2D eigenvalue weighted by molar-refractivity contribution is -0.134. The Morgan fingerprint density at radius 3 is 3.00 bits per heavy atom. The molecule has 0 bridgehead atoms. The Hall–Kier alpha value is -2.25. The summed E-state index contributed by atoms with van der Waals surface area (Å²) in [6.45, 7) is 3.75. The number of ether oxygens (including phenoxy) is 1. The first-order valence-corrected chi connectivity index (χ1v) is 7.34. The number of hydrogen-bond donors (Lipinski definition) is 2. The fourth-order valence-electron chi connectivity index (χ4n) is 2.30. The molecule has 1 aromatic heterocycles. The molecule has 0 spiro atoms. The van der Waals surface area contributed by atoms with Gasteiger partial charge in [-0.25, -0.2) is 4.68 Å². The van der Waals surface area contributed by atoms with Crippen LogP contribution in [0.2, 0.25) is 0 Å². The molecule has 7 nitrogen and oxygen atoms in total. The van der Waals surface area contributed by atoms with E-state index >= 15 is 0 Å². The van der Waals surface area contributed by atoms with Crippen molar-refractivity contribution in [2.24, 2.45) is 0 Å². The van der Waals surface area contributed by atoms with Gasteiger partial charge in [-0.1, -0.05) is 23.4 Å². The van der Waals surface area contributed by atoms with Gasteiger partial charge in [0.15, 0.2) is 0 Å². The van der Waals surface area contributed by atoms with Crippen LogP contribution in [0.15, 0.2) is 36.5 Å². The molecule has 0 saturated carbocycles. The van der Waals surface area contributed by atoms with Crippen LogP contribution in [0.1, 0.15) is 18.7 Å². The van der Waals surface area contributed by atoms with Crippen LogP contribution in [0.4, 0.5) is 0 Å². The third-order valence-electron chi connectivity index (χ3n) is 3.55. The van der Waals surface area contributed by atoms with Gasteiger partial charge >= 0.3 is 0 Å². The summed E-state index contributed by atoms with van der Waals surface area (Å²) in [5.74, 6) is -0.131. The highest BCUT2D eigenvalue weighted by molar-refractivity contribution is 5.81. The molecule has 1 aliphatic rings. The van der Waals surface area contributed by atoms with E-state index in [1.807, 2.05) is 43.5 Å². The van der Waals surface area contributed by atoms with E-state index in [4.69, 9.17) is 4.74 Å². The first-order valence-electron chi connectivity index (χ1n) is 7.34. The van der Waals surface area contributed by atoms with E-state index in [9.17, 15) is 4.79 Å². The van der Waals surface area contributed by atoms with E-state index < -0.39 is 6.10 Å². The zero-order valence-electron chi connectivity index (χ0n) is 12.4. The second kappa shape index (κ2) is 6.67. The lowest BCUT2D eigenvalue weighted by atomic mass is 10.2. The van der Waals surface area contributed by atoms with Crippen LogP contribution in [-0.2, 0) is 9.53 Å². The van der Waals surface area contributed by atoms with Crippen LogP contribution in [0.5, 0.6) is 0 Å². The van der Waals surface area contributed by atoms with Crippen LogP contribution in [0.3, 0.4) is 0 Å². The predicted molar refractivity (Wildman–Crippen MR) is 80.5 cm³/mol. The van der Waals surface area contributed by atoms with Gasteiger partial charge in [0.1, 0.15) is 11.8 Å². The van der Waals surface area contributed by atoms with E-state index in [0.29, 0.717) is 18.8 Å². The Bertz CT molecular complexity index is 622. The standard InChI is InChI=1S/C15H19N5O2/c1-11(17-15(21)14-9-16-7-8-22-14)13-10-20(19-18-13)12-5-3-2-4-6-12/h2-6,10-11,14,16H,7-9H2,1H3,(H,17,21). The predicted octanol–water partition coefficient (Wildman–Crippen LogP) is 0.433. The van der Waals surface area contributed by atoms with Crippen molar-refractivity contribution in [3.05, 3.63) is 42.2 Å². The van der Waals surface area contributed by atoms with Gasteiger partial charge in [-0.05, 0) is 19.1 Å². The van der Waals surface area contributed by atoms with Gasteiger partial charge < -0.3 is 15.4 Å². The highest BCUT2D eigenvalue weighted by Gasteiger charge is 2.24. The molecule has 1 saturated heterocycles. The van der Waals surface area contributed by atoms with Gasteiger partial charge in [0.05, 0.1) is 24.5 Å². The fraction of sp³-hybridized carbons (Fsp3) is 0.400. The quantitative estimate of drug-likeness (QED) is 0.856. The van der Waals surface area contributed by atoms with Crippen LogP contribution >= 0.6 is 0 Å². The first-order chi connectivity index (χ1) is 10.7. The minimum Gasteiger partial charge on any atom is -0.366 e. The average molecular weight is 301 g/mol. The summed E-state index contributed by atoms with van der Waals surface area (Å²) in [4.78, 5) is 12.1. The van der Waals surface area contributed by atoms with Crippen molar-refractivity contribution in [3.63, 3.8) is 0 Å². The lowest BCUT2D eigenvalue weighted by Gasteiger charge is -2.24. The molecule has 116 valence electrons. The number of nitrogens with one attached hydrogen (secondary N) is 2. The Labute approximate surface area is 128 Å². The molecule has 1 aromatic carbocycles. The zero-order chi connectivity index (χ0) is 15.4. The number of nitrogens with zero attached hydrogens (tertiary/aromatic N) is 3. The number of carbonyl (C=O) groups is 1. The number of rotatable bonds is 4. The van der Waals surface area contributed by atoms with E-state index in [1.165, 1.54) is 0 Å². The van der Waals surface area contributed by atoms with Gasteiger partial charge in [0, 0.05) is 13.1 Å². The van der Waals surface area contributed by atoms with Gasteiger partial charge in [-0.3, -0.25) is 4.79 Å². The molecule has 3 rings (SSSR count). The van der Waals surface area contributed by atoms with E-state index in [2.05, 4.69) is 20.9 Å². The van der Waals surface area contributed by atoms with Gasteiger partial charge in [0.25, 0.3) is 5.91 Å². The van der Waals surface area contributed by atoms with E-state index in [-0.39, 0.29) is 11.9 Å². The second-order valence-corrected chi connectivity index (χ2v) is 5.22. The van der Waals surface area contributed by atoms with Crippen LogP contribution in [0, 0.1) is 0 Å². The highest BCUT2D eigenvalue weighted by atomic mass is 16.5. The normalized spacial score (nSPS) is 19.6. The van der Waals surface area contributed by atoms with Crippen molar-refractivity contribution in [1.82, 2.24) is 25.6 Å². The number of para-hydroxylation sites is 1. The van der Waals surface area contributed by atoms with Crippen molar-refractivity contribution in [3.8, 4) is 5.69 Å². The number of aromatic nitrogens is 3. The smallest absolute Gasteiger partial charge is 0.250 e. The molecule has 2 unspecified atom stereocenters. The molecule has 2 atom stereocenters. The molecule has 2 N–H and O–H groups in total. The Morgan fingerprint density at radius 2 is 2.27 bits per heavy atom. The maximum absolute atomic E-state index is 12.1. The summed E-state index contributed by atoms with van der Waals surface area (Å²) in [6.07, 6.45) is 1.38. The molecule has 1 fully saturated rings. The third-order valence-corrected chi connectivity index (χ3v) is 3.55. The lowest BCUT2D eigenvalue weighted by Crippen LogP contribution is -2.48. The molecule has 7 heteroatoms. The summed E-state index contributed by atoms with van der Waals surface area (Å²) in [7, 11) is 0. The minimum atomic E-state index is -0.444. The van der Waals surface area contributed by atoms with Crippen molar-refractivity contribution in [2.75, 3.05) is 19.7 Å². The molecule has 2 heterocycles. The maximum atomic E-state index is 12.1. The SMILES string of the molecule is CC(NC(=O)C1CNCCO1)c1cn(-c2ccccc2)nn1. The topological polar surface area (TPSA) is 81.1 Å². The zero-order valence-corrected chi connectivity index (χ0v) is 12.4. The highest BCUT2D eigenvalue weighted by Crippen LogP contribution is 2.12. The largest absolute Gasteiger partial charge is 0.366 e. The molecule has 1 amide bonds. The number of hydrogen-bond acceptors (Lipinski definition) is 5. The number of carbonyl (C=O) groups excluding carboxylic acids is 1. The number of benzene rings is 1. The molecule has 22 heavy (non-hydrogen) atoms. The van der Waals surface area contributed by atoms with Crippen molar-refractivity contribution in [1.29, 1.82) is 0 Å². The summed E-state index contributed by atoms with van der Waals surface area (Å²) in [5, 5.41) is 14.3. The van der Waals surface area contributed by atoms with Gasteiger partial charge in [0.2, 0.25) is 0 Å². The minimum absolute atomic E-state index is 0.131. The molecule has 0 radical (unpaired) electrons. The summed E-state index contributed by atoms with van der Waals surface area (Å²) in [6, 6.07) is 9.50. The van der Waals surface area contributed by atoms with Crippen LogP contribution in [-0.4, -0.2) is 46.7 Å². The van der Waals surface area contributed by atoms with Gasteiger partial charge in [-0.15, -0.1) is 5.10 Å². The molecule has 1 aliphatic heterocycles. The Kier molecular flexibility index (Phi) is 4.45. The number of amides is 1. The van der Waals surface area contributed by atoms with Crippen molar-refractivity contribution >= 4 is 5.91 Å². The summed E-state index contributed by atoms with van der Waals surface area (Å²) >= 11 is 0.